The molecule has 0 radical (unpaired) electrons. The molecule has 0 fully saturated rings. The van der Waals surface area contributed by atoms with Crippen LogP contribution in [0.1, 0.15) is 52.7 Å². The van der Waals surface area contributed by atoms with Crippen LogP contribution in [0.3, 0.4) is 0 Å². The van der Waals surface area contributed by atoms with Gasteiger partial charge in [-0.25, -0.2) is 0 Å². The van der Waals surface area contributed by atoms with Crippen molar-refractivity contribution in [3.8, 4) is 44.9 Å². The van der Waals surface area contributed by atoms with E-state index in [1.165, 1.54) is 137 Å². The van der Waals surface area contributed by atoms with Gasteiger partial charge in [0.25, 0.3) is 6.71 Å². The summed E-state index contributed by atoms with van der Waals surface area (Å²) in [7, 11) is 0. The zero-order valence-corrected chi connectivity index (χ0v) is 38.9. The Kier molecular flexibility index (Phi) is 7.78. The highest BCUT2D eigenvalue weighted by Crippen LogP contribution is 2.48. The van der Waals surface area contributed by atoms with Crippen molar-refractivity contribution in [2.75, 3.05) is 0 Å². The number of rotatable bonds is 3. The molecule has 2 aromatic heterocycles. The highest BCUT2D eigenvalue weighted by molar-refractivity contribution is 7.01. The third-order valence-corrected chi connectivity index (χ3v) is 15.3. The van der Waals surface area contributed by atoms with Crippen molar-refractivity contribution in [2.45, 2.75) is 52.4 Å². The molecule has 2 nitrogen and oxygen atoms in total. The molecule has 10 aromatic carbocycles. The number of hydrogen-bond acceptors (Lipinski definition) is 0. The number of benzene rings is 10. The van der Waals surface area contributed by atoms with Gasteiger partial charge in [-0.15, -0.1) is 0 Å². The van der Waals surface area contributed by atoms with Gasteiger partial charge in [-0.1, -0.05) is 181 Å². The van der Waals surface area contributed by atoms with Crippen molar-refractivity contribution >= 4 is 88.1 Å². The molecule has 0 bridgehead atoms. The molecule has 0 unspecified atom stereocenters. The van der Waals surface area contributed by atoms with E-state index < -0.39 is 0 Å². The quantitative estimate of drug-likeness (QED) is 0.157. The second-order valence-electron chi connectivity index (χ2n) is 21.3. The lowest BCUT2D eigenvalue weighted by Crippen LogP contribution is -2.60. The predicted molar refractivity (Wildman–Crippen MR) is 288 cm³/mol. The molecule has 67 heavy (non-hydrogen) atoms. The maximum atomic E-state index is 2.70. The van der Waals surface area contributed by atoms with E-state index in [0.29, 0.717) is 0 Å². The molecule has 0 spiro atoms. The molecule has 0 saturated carbocycles. The molecule has 14 rings (SSSR count). The fourth-order valence-corrected chi connectivity index (χ4v) is 12.0. The predicted octanol–water partition coefficient (Wildman–Crippen LogP) is 14.9. The summed E-state index contributed by atoms with van der Waals surface area (Å²) >= 11 is 0. The third kappa shape index (κ3) is 5.46. The van der Waals surface area contributed by atoms with Gasteiger partial charge in [-0.2, -0.15) is 0 Å². The molecule has 2 aliphatic heterocycles. The molecule has 12 aromatic rings. The van der Waals surface area contributed by atoms with E-state index in [9.17, 15) is 0 Å². The number of aromatic nitrogens is 2. The lowest BCUT2D eigenvalue weighted by Gasteiger charge is -2.36. The summed E-state index contributed by atoms with van der Waals surface area (Å²) in [5.41, 5.74) is 20.6. The van der Waals surface area contributed by atoms with Gasteiger partial charge in [-0.05, 0) is 141 Å². The summed E-state index contributed by atoms with van der Waals surface area (Å²) < 4.78 is 5.35. The first kappa shape index (κ1) is 38.6. The lowest BCUT2D eigenvalue weighted by atomic mass is 9.33. The molecular formula is C64H49BN2. The zero-order valence-electron chi connectivity index (χ0n) is 38.9. The number of fused-ring (bicyclic) bond motifs is 11. The van der Waals surface area contributed by atoms with E-state index in [2.05, 4.69) is 239 Å². The molecule has 0 atom stereocenters. The maximum absolute atomic E-state index is 2.70. The van der Waals surface area contributed by atoms with Gasteiger partial charge in [0, 0.05) is 38.6 Å². The Balaban J connectivity index is 1.23. The molecule has 3 heteroatoms. The fourth-order valence-electron chi connectivity index (χ4n) is 12.0. The summed E-state index contributed by atoms with van der Waals surface area (Å²) in [5, 5.41) is 11.5. The topological polar surface area (TPSA) is 9.86 Å². The number of hydrogen-bond donors (Lipinski definition) is 0. The van der Waals surface area contributed by atoms with Crippen molar-refractivity contribution in [3.05, 3.63) is 199 Å². The van der Waals surface area contributed by atoms with Crippen molar-refractivity contribution < 1.29 is 0 Å². The molecule has 4 heterocycles. The first-order chi connectivity index (χ1) is 32.5. The van der Waals surface area contributed by atoms with Gasteiger partial charge < -0.3 is 9.13 Å². The smallest absolute Gasteiger partial charge is 0.253 e. The average molecular weight is 857 g/mol. The summed E-state index contributed by atoms with van der Waals surface area (Å²) in [6.07, 6.45) is 0. The van der Waals surface area contributed by atoms with Crippen LogP contribution in [-0.2, 0) is 10.8 Å². The second kappa shape index (κ2) is 13.5. The number of nitrogens with zero attached hydrogens (tertiary/aromatic N) is 2. The standard InChI is InChI=1S/C64H49BN2/c1-63(2,3)47-28-29-54-50(35-47)51-36-48(64(4,5)6)37-53-61(51)66(54)55-33-46(38-16-8-7-9-17-38)34-56-59(55)65(53)58-49-23-15-14-22-43(49)32-52-57(44-26-24-39-18-10-12-20-41(39)30-44)60(67(56)62(52)58)45-27-25-40-19-11-13-21-42(40)31-45/h7-37H,1-6H3. The fraction of sp³-hybridized carbons (Fsp3) is 0.125. The van der Waals surface area contributed by atoms with E-state index in [1.807, 2.05) is 0 Å². The SMILES string of the molecule is CC(C)(C)c1ccc2c(c1)c1cc(C(C)(C)C)cc3c1n2-c1cc(-c2ccccc2)cc2c1B3c1c3ccccc3cc3c(-c4ccc5ccccc5c4)c(-c4ccc5ccccc5c4)n-2c13. The van der Waals surface area contributed by atoms with E-state index in [1.54, 1.807) is 0 Å². The van der Waals surface area contributed by atoms with E-state index in [-0.39, 0.29) is 17.5 Å². The summed E-state index contributed by atoms with van der Waals surface area (Å²) in [6, 6.07) is 72.0. The molecular weight excluding hydrogens is 808 g/mol. The van der Waals surface area contributed by atoms with Gasteiger partial charge >= 0.3 is 0 Å². The Morgan fingerprint density at radius 3 is 1.66 bits per heavy atom. The van der Waals surface area contributed by atoms with Crippen LogP contribution in [0.4, 0.5) is 0 Å². The molecule has 318 valence electrons. The maximum Gasteiger partial charge on any atom is 0.253 e. The lowest BCUT2D eigenvalue weighted by molar-refractivity contribution is 0.590. The minimum absolute atomic E-state index is 0.00424. The van der Waals surface area contributed by atoms with Crippen LogP contribution in [0.25, 0.3) is 110 Å². The Morgan fingerprint density at radius 1 is 0.358 bits per heavy atom. The molecule has 0 N–H and O–H groups in total. The second-order valence-corrected chi connectivity index (χ2v) is 21.3. The Labute approximate surface area is 391 Å². The van der Waals surface area contributed by atoms with Gasteiger partial charge in [0.15, 0.2) is 0 Å². The van der Waals surface area contributed by atoms with Crippen molar-refractivity contribution in [1.82, 2.24) is 9.13 Å². The first-order valence-electron chi connectivity index (χ1n) is 24.0. The monoisotopic (exact) mass is 856 g/mol. The van der Waals surface area contributed by atoms with Gasteiger partial charge in [-0.3, -0.25) is 0 Å². The summed E-state index contributed by atoms with van der Waals surface area (Å²) in [5.74, 6) is 0. The Hall–Kier alpha value is -7.62. The van der Waals surface area contributed by atoms with Crippen LogP contribution in [-0.4, -0.2) is 15.8 Å². The van der Waals surface area contributed by atoms with Gasteiger partial charge in [0.05, 0.1) is 16.7 Å². The third-order valence-electron chi connectivity index (χ3n) is 15.3. The van der Waals surface area contributed by atoms with Crippen LogP contribution in [0, 0.1) is 0 Å². The van der Waals surface area contributed by atoms with Crippen molar-refractivity contribution in [3.63, 3.8) is 0 Å². The first-order valence-corrected chi connectivity index (χ1v) is 24.0. The molecule has 0 amide bonds. The minimum atomic E-state index is -0.0729. The van der Waals surface area contributed by atoms with E-state index >= 15 is 0 Å². The molecule has 2 aliphatic rings. The normalized spacial score (nSPS) is 13.2. The van der Waals surface area contributed by atoms with Crippen molar-refractivity contribution in [1.29, 1.82) is 0 Å². The van der Waals surface area contributed by atoms with Crippen LogP contribution >= 0.6 is 0 Å². The minimum Gasteiger partial charge on any atom is -0.310 e. The summed E-state index contributed by atoms with van der Waals surface area (Å²) in [4.78, 5) is 0. The molecule has 0 saturated heterocycles. The zero-order chi connectivity index (χ0) is 45.1. The van der Waals surface area contributed by atoms with Crippen LogP contribution in [0.15, 0.2) is 188 Å². The highest BCUT2D eigenvalue weighted by Gasteiger charge is 2.44. The summed E-state index contributed by atoms with van der Waals surface area (Å²) in [6.45, 7) is 14.1. The van der Waals surface area contributed by atoms with Crippen LogP contribution < -0.4 is 16.4 Å². The average Bonchev–Trinajstić information content (AvgIpc) is 3.86. The van der Waals surface area contributed by atoms with Crippen LogP contribution in [0.2, 0.25) is 0 Å². The Morgan fingerprint density at radius 2 is 0.955 bits per heavy atom. The Bertz CT molecular complexity index is 4110. The largest absolute Gasteiger partial charge is 0.310 e. The molecule has 0 aliphatic carbocycles. The van der Waals surface area contributed by atoms with E-state index in [4.69, 9.17) is 0 Å². The highest BCUT2D eigenvalue weighted by atomic mass is 15.0. The van der Waals surface area contributed by atoms with Gasteiger partial charge in [0.1, 0.15) is 0 Å². The van der Waals surface area contributed by atoms with Gasteiger partial charge in [0.2, 0.25) is 0 Å². The van der Waals surface area contributed by atoms with Crippen LogP contribution in [0.5, 0.6) is 0 Å². The van der Waals surface area contributed by atoms with E-state index in [0.717, 1.165) is 0 Å². The van der Waals surface area contributed by atoms with Crippen molar-refractivity contribution in [2.24, 2.45) is 0 Å².